The summed E-state index contributed by atoms with van der Waals surface area (Å²) in [5.41, 5.74) is 1.83. The van der Waals surface area contributed by atoms with Crippen LogP contribution in [0.15, 0.2) is 45.9 Å². The van der Waals surface area contributed by atoms with E-state index in [9.17, 15) is 4.39 Å². The van der Waals surface area contributed by atoms with E-state index < -0.39 is 0 Å². The number of hydrogen-bond acceptors (Lipinski definition) is 3. The Morgan fingerprint density at radius 2 is 1.73 bits per heavy atom. The van der Waals surface area contributed by atoms with Crippen LogP contribution in [-0.2, 0) is 13.1 Å². The van der Waals surface area contributed by atoms with Crippen molar-refractivity contribution >= 4 is 45.9 Å². The number of methoxy groups -OCH3 is 2. The molecule has 0 fully saturated rings. The Hall–Kier alpha value is -1.55. The zero-order valence-corrected chi connectivity index (χ0v) is 18.7. The van der Waals surface area contributed by atoms with E-state index in [0.717, 1.165) is 15.6 Å². The number of nitrogens with zero attached hydrogens (tertiary/aromatic N) is 1. The van der Waals surface area contributed by atoms with Gasteiger partial charge in [-0.25, -0.2) is 4.39 Å². The van der Waals surface area contributed by atoms with Crippen molar-refractivity contribution in [2.75, 3.05) is 21.3 Å². The third-order valence-electron chi connectivity index (χ3n) is 3.57. The SMILES string of the molecule is CN=C(NCc1cccc(F)c1)NCc1cc(OC)c(OC)cc1Br.I. The maximum atomic E-state index is 13.2. The maximum absolute atomic E-state index is 13.2. The average molecular weight is 538 g/mol. The first-order valence-corrected chi connectivity index (χ1v) is 8.46. The first-order valence-electron chi connectivity index (χ1n) is 7.66. The van der Waals surface area contributed by atoms with Crippen LogP contribution in [0.1, 0.15) is 11.1 Å². The van der Waals surface area contributed by atoms with Crippen molar-refractivity contribution in [2.45, 2.75) is 13.1 Å². The molecule has 0 radical (unpaired) electrons. The Labute approximate surface area is 178 Å². The van der Waals surface area contributed by atoms with E-state index in [0.29, 0.717) is 30.5 Å². The molecule has 0 saturated carbocycles. The molecule has 0 aliphatic heterocycles. The summed E-state index contributed by atoms with van der Waals surface area (Å²) in [6.07, 6.45) is 0. The highest BCUT2D eigenvalue weighted by atomic mass is 127. The zero-order chi connectivity index (χ0) is 18.2. The minimum absolute atomic E-state index is 0. The molecule has 0 amide bonds. The molecular weight excluding hydrogens is 516 g/mol. The van der Waals surface area contributed by atoms with Gasteiger partial charge in [-0.15, -0.1) is 24.0 Å². The molecule has 0 aromatic heterocycles. The van der Waals surface area contributed by atoms with Crippen LogP contribution in [0.2, 0.25) is 0 Å². The first kappa shape index (κ1) is 22.5. The van der Waals surface area contributed by atoms with Gasteiger partial charge in [-0.3, -0.25) is 4.99 Å². The highest BCUT2D eigenvalue weighted by Crippen LogP contribution is 2.33. The van der Waals surface area contributed by atoms with E-state index >= 15 is 0 Å². The summed E-state index contributed by atoms with van der Waals surface area (Å²) in [5, 5.41) is 6.37. The van der Waals surface area contributed by atoms with Gasteiger partial charge < -0.3 is 20.1 Å². The first-order chi connectivity index (χ1) is 12.1. The summed E-state index contributed by atoms with van der Waals surface area (Å²) >= 11 is 3.53. The molecule has 0 saturated heterocycles. The fraction of sp³-hybridized carbons (Fsp3) is 0.278. The molecule has 26 heavy (non-hydrogen) atoms. The molecule has 0 aliphatic carbocycles. The second-order valence-corrected chi connectivity index (χ2v) is 6.06. The molecule has 2 aromatic rings. The summed E-state index contributed by atoms with van der Waals surface area (Å²) < 4.78 is 24.7. The Morgan fingerprint density at radius 1 is 1.08 bits per heavy atom. The molecule has 0 aliphatic rings. The lowest BCUT2D eigenvalue weighted by atomic mass is 10.2. The largest absolute Gasteiger partial charge is 0.493 e. The van der Waals surface area contributed by atoms with E-state index in [2.05, 4.69) is 31.6 Å². The second-order valence-electron chi connectivity index (χ2n) is 5.21. The molecule has 0 bridgehead atoms. The highest BCUT2D eigenvalue weighted by molar-refractivity contribution is 14.0. The quantitative estimate of drug-likeness (QED) is 0.331. The Balaban J connectivity index is 0.00000338. The van der Waals surface area contributed by atoms with Crippen molar-refractivity contribution in [3.8, 4) is 11.5 Å². The highest BCUT2D eigenvalue weighted by Gasteiger charge is 2.10. The van der Waals surface area contributed by atoms with Gasteiger partial charge in [-0.05, 0) is 35.4 Å². The summed E-state index contributed by atoms with van der Waals surface area (Å²) in [6.45, 7) is 1.01. The number of nitrogens with one attached hydrogen (secondary N) is 2. The minimum atomic E-state index is -0.253. The van der Waals surface area contributed by atoms with Crippen LogP contribution >= 0.6 is 39.9 Å². The molecule has 142 valence electrons. The number of guanidine groups is 1. The van der Waals surface area contributed by atoms with Crippen molar-refractivity contribution in [3.05, 3.63) is 57.8 Å². The summed E-state index contributed by atoms with van der Waals surface area (Å²) in [5.74, 6) is 1.68. The lowest BCUT2D eigenvalue weighted by Crippen LogP contribution is -2.36. The monoisotopic (exact) mass is 537 g/mol. The van der Waals surface area contributed by atoms with Gasteiger partial charge in [0.2, 0.25) is 0 Å². The van der Waals surface area contributed by atoms with Crippen LogP contribution in [0.3, 0.4) is 0 Å². The number of aliphatic imine (C=N–C) groups is 1. The van der Waals surface area contributed by atoms with E-state index in [-0.39, 0.29) is 29.8 Å². The molecule has 0 heterocycles. The smallest absolute Gasteiger partial charge is 0.191 e. The van der Waals surface area contributed by atoms with E-state index in [1.54, 1.807) is 27.3 Å². The van der Waals surface area contributed by atoms with E-state index in [1.807, 2.05) is 18.2 Å². The number of halogens is 3. The number of hydrogen-bond donors (Lipinski definition) is 2. The van der Waals surface area contributed by atoms with Gasteiger partial charge in [-0.1, -0.05) is 28.1 Å². The van der Waals surface area contributed by atoms with Gasteiger partial charge in [0.1, 0.15) is 5.82 Å². The van der Waals surface area contributed by atoms with Crippen molar-refractivity contribution in [1.29, 1.82) is 0 Å². The van der Waals surface area contributed by atoms with Crippen molar-refractivity contribution in [1.82, 2.24) is 10.6 Å². The Bertz CT molecular complexity index is 759. The zero-order valence-electron chi connectivity index (χ0n) is 14.8. The topological polar surface area (TPSA) is 54.9 Å². The van der Waals surface area contributed by atoms with Gasteiger partial charge in [0.05, 0.1) is 14.2 Å². The molecule has 2 aromatic carbocycles. The maximum Gasteiger partial charge on any atom is 0.191 e. The summed E-state index contributed by atoms with van der Waals surface area (Å²) in [6, 6.07) is 10.2. The van der Waals surface area contributed by atoms with Crippen molar-refractivity contribution in [2.24, 2.45) is 4.99 Å². The molecule has 5 nitrogen and oxygen atoms in total. The van der Waals surface area contributed by atoms with Gasteiger partial charge in [-0.2, -0.15) is 0 Å². The predicted octanol–water partition coefficient (Wildman–Crippen LogP) is 4.09. The fourth-order valence-electron chi connectivity index (χ4n) is 2.26. The van der Waals surface area contributed by atoms with Crippen LogP contribution in [0.4, 0.5) is 4.39 Å². The number of benzene rings is 2. The third-order valence-corrected chi connectivity index (χ3v) is 4.31. The Kier molecular flexibility index (Phi) is 9.71. The van der Waals surface area contributed by atoms with Gasteiger partial charge in [0, 0.05) is 24.6 Å². The predicted molar refractivity (Wildman–Crippen MR) is 116 cm³/mol. The lowest BCUT2D eigenvalue weighted by molar-refractivity contribution is 0.354. The second kappa shape index (κ2) is 11.2. The molecule has 2 N–H and O–H groups in total. The normalized spacial score (nSPS) is 10.7. The molecule has 0 unspecified atom stereocenters. The van der Waals surface area contributed by atoms with Crippen molar-refractivity contribution < 1.29 is 13.9 Å². The lowest BCUT2D eigenvalue weighted by Gasteiger charge is -2.15. The summed E-state index contributed by atoms with van der Waals surface area (Å²) in [4.78, 5) is 4.18. The Morgan fingerprint density at radius 3 is 2.35 bits per heavy atom. The molecular formula is C18H22BrFIN3O2. The molecule has 0 atom stereocenters. The number of ether oxygens (including phenoxy) is 2. The van der Waals surface area contributed by atoms with Crippen LogP contribution in [0.5, 0.6) is 11.5 Å². The van der Waals surface area contributed by atoms with Crippen LogP contribution in [-0.4, -0.2) is 27.2 Å². The standard InChI is InChI=1S/C18H21BrFN3O2.HI/c1-21-18(22-10-12-5-4-6-14(20)7-12)23-11-13-8-16(24-2)17(25-3)9-15(13)19;/h4-9H,10-11H2,1-3H3,(H2,21,22,23);1H. The number of rotatable bonds is 6. The molecule has 0 spiro atoms. The van der Waals surface area contributed by atoms with Crippen molar-refractivity contribution in [3.63, 3.8) is 0 Å². The molecule has 8 heteroatoms. The fourth-order valence-corrected chi connectivity index (χ4v) is 2.73. The van der Waals surface area contributed by atoms with E-state index in [1.165, 1.54) is 12.1 Å². The third kappa shape index (κ3) is 6.31. The van der Waals surface area contributed by atoms with Gasteiger partial charge >= 0.3 is 0 Å². The van der Waals surface area contributed by atoms with Crippen LogP contribution in [0.25, 0.3) is 0 Å². The summed E-state index contributed by atoms with van der Waals surface area (Å²) in [7, 11) is 4.88. The molecule has 2 rings (SSSR count). The minimum Gasteiger partial charge on any atom is -0.493 e. The van der Waals surface area contributed by atoms with E-state index in [4.69, 9.17) is 9.47 Å². The van der Waals surface area contributed by atoms with Crippen LogP contribution < -0.4 is 20.1 Å². The van der Waals surface area contributed by atoms with Crippen LogP contribution in [0, 0.1) is 5.82 Å². The van der Waals surface area contributed by atoms with Gasteiger partial charge in [0.25, 0.3) is 0 Å². The average Bonchev–Trinajstić information content (AvgIpc) is 2.62. The van der Waals surface area contributed by atoms with Gasteiger partial charge in [0.15, 0.2) is 17.5 Å².